The van der Waals surface area contributed by atoms with E-state index in [2.05, 4.69) is 20.6 Å². The predicted octanol–water partition coefficient (Wildman–Crippen LogP) is 6.45. The number of amides is 2. The molecule has 0 fully saturated rings. The highest BCUT2D eigenvalue weighted by atomic mass is 32.1. The lowest BCUT2D eigenvalue weighted by Gasteiger charge is -2.13. The van der Waals surface area contributed by atoms with Gasteiger partial charge >= 0.3 is 6.18 Å². The maximum Gasteiger partial charge on any atom is 0.417 e. The van der Waals surface area contributed by atoms with Crippen LogP contribution in [0.5, 0.6) is 0 Å². The van der Waals surface area contributed by atoms with Gasteiger partial charge in [-0.15, -0.1) is 11.3 Å². The molecule has 2 aromatic heterocycles. The summed E-state index contributed by atoms with van der Waals surface area (Å²) >= 11 is 1.54. The minimum Gasteiger partial charge on any atom is -0.377 e. The van der Waals surface area contributed by atoms with Crippen LogP contribution in [0, 0.1) is 0 Å². The van der Waals surface area contributed by atoms with Gasteiger partial charge < -0.3 is 20.4 Å². The summed E-state index contributed by atoms with van der Waals surface area (Å²) in [6, 6.07) is 14.9. The standard InChI is InChI=1S/C26H19F3N4O3S/c1-36-13-22-32-20-11-16(31-24(34)17-4-2-3-5-19(17)26(27,28)29)10-18(23(20)33-22)25(35)30-15-7-6-14-8-9-37-21(14)12-15/h2-12H,13H2,1H3,(H,30,35)(H,31,34)(H,32,33). The number of imidazole rings is 1. The van der Waals surface area contributed by atoms with E-state index in [1.54, 1.807) is 6.07 Å². The van der Waals surface area contributed by atoms with Crippen molar-refractivity contribution in [2.24, 2.45) is 0 Å². The van der Waals surface area contributed by atoms with Crippen LogP contribution in [0.1, 0.15) is 32.1 Å². The molecular formula is C26H19F3N4O3S. The lowest BCUT2D eigenvalue weighted by molar-refractivity contribution is -0.137. The summed E-state index contributed by atoms with van der Waals surface area (Å²) in [6.07, 6.45) is -4.70. The fraction of sp³-hybridized carbons (Fsp3) is 0.115. The van der Waals surface area contributed by atoms with E-state index < -0.39 is 29.1 Å². The number of rotatable bonds is 6. The Morgan fingerprint density at radius 1 is 0.973 bits per heavy atom. The van der Waals surface area contributed by atoms with Crippen LogP contribution in [0.3, 0.4) is 0 Å². The molecule has 0 spiro atoms. The molecule has 5 rings (SSSR count). The smallest absolute Gasteiger partial charge is 0.377 e. The molecule has 7 nitrogen and oxygen atoms in total. The number of nitrogens with zero attached hydrogens (tertiary/aromatic N) is 1. The van der Waals surface area contributed by atoms with Crippen molar-refractivity contribution in [1.29, 1.82) is 0 Å². The van der Waals surface area contributed by atoms with Crippen molar-refractivity contribution in [3.8, 4) is 0 Å². The fourth-order valence-corrected chi connectivity index (χ4v) is 4.81. The van der Waals surface area contributed by atoms with Gasteiger partial charge in [-0.3, -0.25) is 9.59 Å². The maximum atomic E-state index is 13.4. The largest absolute Gasteiger partial charge is 0.417 e. The number of carbonyl (C=O) groups is 2. The molecule has 0 saturated heterocycles. The molecule has 5 aromatic rings. The second-order valence-corrected chi connectivity index (χ2v) is 9.11. The zero-order valence-corrected chi connectivity index (χ0v) is 20.1. The minimum absolute atomic E-state index is 0.126. The van der Waals surface area contributed by atoms with Gasteiger partial charge in [0.15, 0.2) is 0 Å². The van der Waals surface area contributed by atoms with Crippen molar-refractivity contribution < 1.29 is 27.5 Å². The van der Waals surface area contributed by atoms with E-state index in [-0.39, 0.29) is 17.9 Å². The Morgan fingerprint density at radius 2 is 1.73 bits per heavy atom. The van der Waals surface area contributed by atoms with Crippen LogP contribution in [-0.2, 0) is 17.5 Å². The van der Waals surface area contributed by atoms with E-state index in [9.17, 15) is 22.8 Å². The Hall–Kier alpha value is -4.22. The molecule has 11 heteroatoms. The lowest BCUT2D eigenvalue weighted by atomic mass is 10.1. The fourth-order valence-electron chi connectivity index (χ4n) is 3.98. The zero-order chi connectivity index (χ0) is 26.2. The van der Waals surface area contributed by atoms with E-state index in [0.717, 1.165) is 22.2 Å². The number of anilines is 2. The first-order valence-corrected chi connectivity index (χ1v) is 11.9. The Kier molecular flexibility index (Phi) is 6.40. The third-order valence-corrected chi connectivity index (χ3v) is 6.49. The Balaban J connectivity index is 1.51. The van der Waals surface area contributed by atoms with E-state index in [4.69, 9.17) is 4.74 Å². The molecule has 3 N–H and O–H groups in total. The molecule has 0 aliphatic rings. The first-order valence-electron chi connectivity index (χ1n) is 11.0. The third-order valence-electron chi connectivity index (χ3n) is 5.61. The van der Waals surface area contributed by atoms with Crippen LogP contribution in [0.25, 0.3) is 21.1 Å². The number of halogens is 3. The molecule has 0 aliphatic heterocycles. The van der Waals surface area contributed by atoms with Crippen LogP contribution in [-0.4, -0.2) is 28.9 Å². The molecule has 37 heavy (non-hydrogen) atoms. The summed E-state index contributed by atoms with van der Waals surface area (Å²) < 4.78 is 46.4. The summed E-state index contributed by atoms with van der Waals surface area (Å²) in [5, 5.41) is 8.32. The number of H-pyrrole nitrogens is 1. The van der Waals surface area contributed by atoms with E-state index in [1.807, 2.05) is 23.6 Å². The number of alkyl halides is 3. The number of hydrogen-bond acceptors (Lipinski definition) is 5. The minimum atomic E-state index is -4.70. The molecule has 0 radical (unpaired) electrons. The topological polar surface area (TPSA) is 96.1 Å². The van der Waals surface area contributed by atoms with Crippen molar-refractivity contribution >= 4 is 55.6 Å². The Bertz CT molecular complexity index is 1640. The van der Waals surface area contributed by atoms with Crippen LogP contribution >= 0.6 is 11.3 Å². The molecule has 2 heterocycles. The number of hydrogen-bond donors (Lipinski definition) is 3. The number of fused-ring (bicyclic) bond motifs is 2. The zero-order valence-electron chi connectivity index (χ0n) is 19.3. The molecule has 0 atom stereocenters. The third kappa shape index (κ3) is 5.04. The van der Waals surface area contributed by atoms with Gasteiger partial charge in [-0.25, -0.2) is 4.98 Å². The Labute approximate surface area is 212 Å². The van der Waals surface area contributed by atoms with Crippen molar-refractivity contribution in [3.05, 3.63) is 88.6 Å². The number of aromatic nitrogens is 2. The SMILES string of the molecule is COCc1nc2c(C(=O)Nc3ccc4ccsc4c3)cc(NC(=O)c3ccccc3C(F)(F)F)cc2[nH]1. The van der Waals surface area contributed by atoms with Crippen molar-refractivity contribution in [1.82, 2.24) is 9.97 Å². The van der Waals surface area contributed by atoms with Crippen molar-refractivity contribution in [3.63, 3.8) is 0 Å². The van der Waals surface area contributed by atoms with Gasteiger partial charge in [-0.05, 0) is 53.2 Å². The van der Waals surface area contributed by atoms with Gasteiger partial charge in [0.05, 0.1) is 22.2 Å². The normalized spacial score (nSPS) is 11.7. The van der Waals surface area contributed by atoms with E-state index in [0.29, 0.717) is 22.5 Å². The lowest BCUT2D eigenvalue weighted by Crippen LogP contribution is -2.19. The van der Waals surface area contributed by atoms with Gasteiger partial charge in [0.25, 0.3) is 11.8 Å². The molecule has 0 unspecified atom stereocenters. The van der Waals surface area contributed by atoms with Crippen LogP contribution in [0.4, 0.5) is 24.5 Å². The number of methoxy groups -OCH3 is 1. The highest BCUT2D eigenvalue weighted by Gasteiger charge is 2.35. The maximum absolute atomic E-state index is 13.4. The van der Waals surface area contributed by atoms with E-state index >= 15 is 0 Å². The molecule has 3 aromatic carbocycles. The number of thiophene rings is 1. The second-order valence-electron chi connectivity index (χ2n) is 8.16. The summed E-state index contributed by atoms with van der Waals surface area (Å²) in [5.74, 6) is -1.01. The highest BCUT2D eigenvalue weighted by Crippen LogP contribution is 2.33. The van der Waals surface area contributed by atoms with Gasteiger partial charge in [0, 0.05) is 23.2 Å². The molecule has 0 aliphatic carbocycles. The summed E-state index contributed by atoms with van der Waals surface area (Å²) in [7, 11) is 1.49. The second kappa shape index (κ2) is 9.68. The predicted molar refractivity (Wildman–Crippen MR) is 136 cm³/mol. The average Bonchev–Trinajstić information content (AvgIpc) is 3.49. The molecule has 0 bridgehead atoms. The summed E-state index contributed by atoms with van der Waals surface area (Å²) in [4.78, 5) is 33.6. The number of ether oxygens (including phenoxy) is 1. The number of carbonyl (C=O) groups excluding carboxylic acids is 2. The molecule has 0 saturated carbocycles. The number of nitrogens with one attached hydrogen (secondary N) is 3. The monoisotopic (exact) mass is 524 g/mol. The number of benzene rings is 3. The number of aromatic amines is 1. The molecular weight excluding hydrogens is 505 g/mol. The molecule has 188 valence electrons. The first kappa shape index (κ1) is 24.5. The van der Waals surface area contributed by atoms with Gasteiger partial charge in [0.2, 0.25) is 0 Å². The quantitative estimate of drug-likeness (QED) is 0.238. The molecule has 2 amide bonds. The van der Waals surface area contributed by atoms with Crippen LogP contribution in [0.15, 0.2) is 66.0 Å². The van der Waals surface area contributed by atoms with E-state index in [1.165, 1.54) is 42.7 Å². The Morgan fingerprint density at radius 3 is 2.51 bits per heavy atom. The van der Waals surface area contributed by atoms with Crippen LogP contribution < -0.4 is 10.6 Å². The van der Waals surface area contributed by atoms with Gasteiger partial charge in [-0.1, -0.05) is 18.2 Å². The highest BCUT2D eigenvalue weighted by molar-refractivity contribution is 7.17. The van der Waals surface area contributed by atoms with Crippen molar-refractivity contribution in [2.45, 2.75) is 12.8 Å². The summed E-state index contributed by atoms with van der Waals surface area (Å²) in [5.41, 5.74) is -0.0326. The first-order chi connectivity index (χ1) is 17.7. The van der Waals surface area contributed by atoms with Crippen molar-refractivity contribution in [2.75, 3.05) is 17.7 Å². The average molecular weight is 525 g/mol. The van der Waals surface area contributed by atoms with Gasteiger partial charge in [-0.2, -0.15) is 13.2 Å². The van der Waals surface area contributed by atoms with Gasteiger partial charge in [0.1, 0.15) is 17.9 Å². The summed E-state index contributed by atoms with van der Waals surface area (Å²) in [6.45, 7) is 0.144. The van der Waals surface area contributed by atoms with Crippen LogP contribution in [0.2, 0.25) is 0 Å².